The minimum absolute atomic E-state index is 0.0336. The monoisotopic (exact) mass is 365 g/mol. The highest BCUT2D eigenvalue weighted by molar-refractivity contribution is 6.06. The first-order chi connectivity index (χ1) is 13.0. The van der Waals surface area contributed by atoms with E-state index in [9.17, 15) is 14.4 Å². The SMILES string of the molecule is CC(=O)c1ccc(NC(=O)c2cncc(C(=O)NC3CCCCC3)c2)cc1. The summed E-state index contributed by atoms with van der Waals surface area (Å²) < 4.78 is 0. The average Bonchev–Trinajstić information content (AvgIpc) is 2.69. The zero-order valence-electron chi connectivity index (χ0n) is 15.3. The Morgan fingerprint density at radius 2 is 1.52 bits per heavy atom. The maximum absolute atomic E-state index is 12.4. The molecule has 3 rings (SSSR count). The molecule has 0 unspecified atom stereocenters. The summed E-state index contributed by atoms with van der Waals surface area (Å²) in [5, 5.41) is 5.78. The Bertz CT molecular complexity index is 840. The second-order valence-corrected chi connectivity index (χ2v) is 6.86. The second kappa shape index (κ2) is 8.58. The highest BCUT2D eigenvalue weighted by atomic mass is 16.2. The molecule has 2 N–H and O–H groups in total. The molecule has 0 aliphatic heterocycles. The van der Waals surface area contributed by atoms with Gasteiger partial charge < -0.3 is 10.6 Å². The molecule has 1 fully saturated rings. The number of Topliss-reactive ketones (excluding diaryl/α,β-unsaturated/α-hetero) is 1. The van der Waals surface area contributed by atoms with Crippen LogP contribution in [-0.2, 0) is 0 Å². The summed E-state index contributed by atoms with van der Waals surface area (Å²) in [5.74, 6) is -0.589. The molecule has 1 aliphatic carbocycles. The molecule has 1 heterocycles. The molecule has 1 saturated carbocycles. The molecule has 6 heteroatoms. The molecular formula is C21H23N3O3. The number of carbonyl (C=O) groups is 3. The van der Waals surface area contributed by atoms with Gasteiger partial charge in [-0.05, 0) is 50.1 Å². The first-order valence-corrected chi connectivity index (χ1v) is 9.21. The number of rotatable bonds is 5. The molecule has 27 heavy (non-hydrogen) atoms. The van der Waals surface area contributed by atoms with Gasteiger partial charge in [-0.15, -0.1) is 0 Å². The van der Waals surface area contributed by atoms with Crippen molar-refractivity contribution in [2.24, 2.45) is 0 Å². The Morgan fingerprint density at radius 1 is 0.889 bits per heavy atom. The van der Waals surface area contributed by atoms with E-state index in [0.29, 0.717) is 22.4 Å². The Hall–Kier alpha value is -3.02. The highest BCUT2D eigenvalue weighted by Crippen LogP contribution is 2.18. The van der Waals surface area contributed by atoms with E-state index in [1.807, 2.05) is 0 Å². The van der Waals surface area contributed by atoms with Crippen LogP contribution in [0.25, 0.3) is 0 Å². The second-order valence-electron chi connectivity index (χ2n) is 6.86. The standard InChI is InChI=1S/C21H23N3O3/c1-14(25)15-7-9-19(10-8-15)24-21(27)17-11-16(12-22-13-17)20(26)23-18-5-3-2-4-6-18/h7-13,18H,2-6H2,1H3,(H,23,26)(H,24,27). The summed E-state index contributed by atoms with van der Waals surface area (Å²) in [7, 11) is 0. The van der Waals surface area contributed by atoms with Gasteiger partial charge >= 0.3 is 0 Å². The van der Waals surface area contributed by atoms with Gasteiger partial charge in [0.1, 0.15) is 0 Å². The van der Waals surface area contributed by atoms with E-state index < -0.39 is 0 Å². The van der Waals surface area contributed by atoms with E-state index in [2.05, 4.69) is 15.6 Å². The molecule has 0 atom stereocenters. The number of anilines is 1. The Balaban J connectivity index is 1.65. The summed E-state index contributed by atoms with van der Waals surface area (Å²) in [4.78, 5) is 40.2. The molecule has 0 bridgehead atoms. The van der Waals surface area contributed by atoms with Crippen LogP contribution in [0.2, 0.25) is 0 Å². The van der Waals surface area contributed by atoms with Crippen LogP contribution < -0.4 is 10.6 Å². The van der Waals surface area contributed by atoms with Crippen LogP contribution in [0, 0.1) is 0 Å². The quantitative estimate of drug-likeness (QED) is 0.793. The van der Waals surface area contributed by atoms with Gasteiger partial charge in [0.05, 0.1) is 11.1 Å². The lowest BCUT2D eigenvalue weighted by molar-refractivity contribution is 0.0926. The van der Waals surface area contributed by atoms with Gasteiger partial charge in [0, 0.05) is 29.7 Å². The summed E-state index contributed by atoms with van der Waals surface area (Å²) in [6.07, 6.45) is 8.37. The number of carbonyl (C=O) groups excluding carboxylic acids is 3. The lowest BCUT2D eigenvalue weighted by atomic mass is 9.95. The third kappa shape index (κ3) is 5.00. The van der Waals surface area contributed by atoms with Crippen molar-refractivity contribution in [2.75, 3.05) is 5.32 Å². The van der Waals surface area contributed by atoms with Crippen molar-refractivity contribution in [1.82, 2.24) is 10.3 Å². The molecule has 1 aromatic heterocycles. The van der Waals surface area contributed by atoms with Crippen molar-refractivity contribution >= 4 is 23.3 Å². The third-order valence-electron chi connectivity index (χ3n) is 4.75. The van der Waals surface area contributed by atoms with Crippen molar-refractivity contribution in [3.05, 3.63) is 59.4 Å². The van der Waals surface area contributed by atoms with E-state index in [1.54, 1.807) is 30.3 Å². The van der Waals surface area contributed by atoms with Crippen molar-refractivity contribution < 1.29 is 14.4 Å². The fraction of sp³-hybridized carbons (Fsp3) is 0.333. The topological polar surface area (TPSA) is 88.2 Å². The predicted octanol–water partition coefficient (Wildman–Crippen LogP) is 3.60. The zero-order chi connectivity index (χ0) is 19.2. The number of nitrogens with one attached hydrogen (secondary N) is 2. The van der Waals surface area contributed by atoms with E-state index in [4.69, 9.17) is 0 Å². The molecule has 0 radical (unpaired) electrons. The molecule has 2 aromatic rings. The predicted molar refractivity (Wildman–Crippen MR) is 103 cm³/mol. The number of aromatic nitrogens is 1. The zero-order valence-corrected chi connectivity index (χ0v) is 15.3. The normalized spacial score (nSPS) is 14.4. The lowest BCUT2D eigenvalue weighted by Crippen LogP contribution is -2.36. The van der Waals surface area contributed by atoms with Crippen molar-refractivity contribution in [3.8, 4) is 0 Å². The average molecular weight is 365 g/mol. The van der Waals surface area contributed by atoms with Gasteiger partial charge in [-0.25, -0.2) is 0 Å². The summed E-state index contributed by atoms with van der Waals surface area (Å²) in [6.45, 7) is 1.49. The Morgan fingerprint density at radius 3 is 2.15 bits per heavy atom. The summed E-state index contributed by atoms with van der Waals surface area (Å²) in [5.41, 5.74) is 1.83. The molecule has 0 saturated heterocycles. The minimum Gasteiger partial charge on any atom is -0.349 e. The van der Waals surface area contributed by atoms with Crippen molar-refractivity contribution in [3.63, 3.8) is 0 Å². The molecule has 6 nitrogen and oxygen atoms in total. The number of nitrogens with zero attached hydrogens (tertiary/aromatic N) is 1. The van der Waals surface area contributed by atoms with Crippen LogP contribution in [0.15, 0.2) is 42.7 Å². The fourth-order valence-corrected chi connectivity index (χ4v) is 3.20. The number of pyridine rings is 1. The van der Waals surface area contributed by atoms with Gasteiger partial charge in [0.15, 0.2) is 5.78 Å². The maximum atomic E-state index is 12.4. The van der Waals surface area contributed by atoms with E-state index >= 15 is 0 Å². The van der Waals surface area contributed by atoms with E-state index in [1.165, 1.54) is 25.7 Å². The van der Waals surface area contributed by atoms with Gasteiger partial charge in [0.25, 0.3) is 11.8 Å². The Labute approximate surface area is 158 Å². The van der Waals surface area contributed by atoms with Crippen molar-refractivity contribution in [2.45, 2.75) is 45.1 Å². The summed E-state index contributed by atoms with van der Waals surface area (Å²) in [6, 6.07) is 8.39. The Kier molecular flexibility index (Phi) is 5.96. The van der Waals surface area contributed by atoms with Crippen LogP contribution in [0.4, 0.5) is 5.69 Å². The van der Waals surface area contributed by atoms with Gasteiger partial charge in [-0.3, -0.25) is 19.4 Å². The molecule has 1 aliphatic rings. The van der Waals surface area contributed by atoms with E-state index in [-0.39, 0.29) is 23.6 Å². The molecule has 0 spiro atoms. The highest BCUT2D eigenvalue weighted by Gasteiger charge is 2.18. The fourth-order valence-electron chi connectivity index (χ4n) is 3.20. The number of hydrogen-bond donors (Lipinski definition) is 2. The molecule has 2 amide bonds. The number of ketones is 1. The van der Waals surface area contributed by atoms with Crippen LogP contribution in [-0.4, -0.2) is 28.6 Å². The van der Waals surface area contributed by atoms with Gasteiger partial charge in [-0.1, -0.05) is 19.3 Å². The first-order valence-electron chi connectivity index (χ1n) is 9.21. The minimum atomic E-state index is -0.356. The first kappa shape index (κ1) is 18.8. The van der Waals surface area contributed by atoms with Crippen LogP contribution in [0.3, 0.4) is 0 Å². The number of hydrogen-bond acceptors (Lipinski definition) is 4. The maximum Gasteiger partial charge on any atom is 0.257 e. The molecular weight excluding hydrogens is 342 g/mol. The largest absolute Gasteiger partial charge is 0.349 e. The third-order valence-corrected chi connectivity index (χ3v) is 4.75. The number of amides is 2. The smallest absolute Gasteiger partial charge is 0.257 e. The number of benzene rings is 1. The van der Waals surface area contributed by atoms with Crippen LogP contribution >= 0.6 is 0 Å². The van der Waals surface area contributed by atoms with E-state index in [0.717, 1.165) is 25.7 Å². The molecule has 140 valence electrons. The van der Waals surface area contributed by atoms with Gasteiger partial charge in [0.2, 0.25) is 0 Å². The summed E-state index contributed by atoms with van der Waals surface area (Å²) >= 11 is 0. The van der Waals surface area contributed by atoms with Crippen LogP contribution in [0.1, 0.15) is 70.1 Å². The van der Waals surface area contributed by atoms with Crippen molar-refractivity contribution in [1.29, 1.82) is 0 Å². The lowest BCUT2D eigenvalue weighted by Gasteiger charge is -2.22. The van der Waals surface area contributed by atoms with Crippen LogP contribution in [0.5, 0.6) is 0 Å². The molecule has 1 aromatic carbocycles. The van der Waals surface area contributed by atoms with Gasteiger partial charge in [-0.2, -0.15) is 0 Å².